The van der Waals surface area contributed by atoms with Gasteiger partial charge in [0.05, 0.1) is 4.47 Å². The summed E-state index contributed by atoms with van der Waals surface area (Å²) in [6.45, 7) is 5.87. The van der Waals surface area contributed by atoms with Gasteiger partial charge in [-0.25, -0.2) is 0 Å². The minimum Gasteiger partial charge on any atom is -0.483 e. The first-order valence-electron chi connectivity index (χ1n) is 11.5. The number of hydrogen-bond donors (Lipinski definition) is 1. The molecule has 0 aromatic heterocycles. The highest BCUT2D eigenvalue weighted by molar-refractivity contribution is 9.10. The first-order chi connectivity index (χ1) is 16.3. The molecule has 0 saturated carbocycles. The third-order valence-electron chi connectivity index (χ3n) is 5.86. The average molecular weight is 546 g/mol. The van der Waals surface area contributed by atoms with Crippen LogP contribution in [-0.2, 0) is 16.1 Å². The SMILES string of the molecule is CC[C@H](C(=O)N[C@@H](C)CC)N(Cc1ccccc1Cl)C(=O)COc1ccc2ccccc2c1Br. The number of nitrogens with one attached hydrogen (secondary N) is 1. The van der Waals surface area contributed by atoms with Crippen LogP contribution in [0.25, 0.3) is 10.8 Å². The third-order valence-corrected chi connectivity index (χ3v) is 7.05. The summed E-state index contributed by atoms with van der Waals surface area (Å²) < 4.78 is 6.72. The molecule has 0 spiro atoms. The molecule has 2 amide bonds. The molecule has 3 aromatic carbocycles. The van der Waals surface area contributed by atoms with Crippen molar-refractivity contribution in [2.45, 2.75) is 52.2 Å². The summed E-state index contributed by atoms with van der Waals surface area (Å²) in [5.74, 6) is 0.108. The number of ether oxygens (including phenoxy) is 1. The molecule has 7 heteroatoms. The monoisotopic (exact) mass is 544 g/mol. The Labute approximate surface area is 214 Å². The van der Waals surface area contributed by atoms with Gasteiger partial charge in [0.2, 0.25) is 5.91 Å². The summed E-state index contributed by atoms with van der Waals surface area (Å²) in [5, 5.41) is 5.63. The van der Waals surface area contributed by atoms with Gasteiger partial charge in [-0.15, -0.1) is 0 Å². The molecule has 0 heterocycles. The Balaban J connectivity index is 1.84. The highest BCUT2D eigenvalue weighted by atomic mass is 79.9. The van der Waals surface area contributed by atoms with Gasteiger partial charge in [0.25, 0.3) is 5.91 Å². The van der Waals surface area contributed by atoms with Crippen molar-refractivity contribution < 1.29 is 14.3 Å². The van der Waals surface area contributed by atoms with E-state index in [2.05, 4.69) is 21.2 Å². The summed E-state index contributed by atoms with van der Waals surface area (Å²) in [7, 11) is 0. The number of carbonyl (C=O) groups is 2. The Morgan fingerprint density at radius 1 is 1.03 bits per heavy atom. The quantitative estimate of drug-likeness (QED) is 0.323. The topological polar surface area (TPSA) is 58.6 Å². The van der Waals surface area contributed by atoms with Gasteiger partial charge in [0, 0.05) is 17.6 Å². The molecular formula is C27H30BrClN2O3. The average Bonchev–Trinajstić information content (AvgIpc) is 2.84. The molecule has 5 nitrogen and oxygen atoms in total. The fourth-order valence-electron chi connectivity index (χ4n) is 3.72. The Hall–Kier alpha value is -2.57. The van der Waals surface area contributed by atoms with Gasteiger partial charge in [0.15, 0.2) is 6.61 Å². The van der Waals surface area contributed by atoms with Gasteiger partial charge >= 0.3 is 0 Å². The Kier molecular flexibility index (Phi) is 9.36. The molecule has 0 bridgehead atoms. The van der Waals surface area contributed by atoms with Crippen molar-refractivity contribution in [2.75, 3.05) is 6.61 Å². The maximum atomic E-state index is 13.4. The van der Waals surface area contributed by atoms with E-state index >= 15 is 0 Å². The van der Waals surface area contributed by atoms with Crippen LogP contribution in [0.2, 0.25) is 5.02 Å². The number of fused-ring (bicyclic) bond motifs is 1. The van der Waals surface area contributed by atoms with E-state index in [-0.39, 0.29) is 31.0 Å². The molecule has 34 heavy (non-hydrogen) atoms. The summed E-state index contributed by atoms with van der Waals surface area (Å²) in [5.41, 5.74) is 0.777. The van der Waals surface area contributed by atoms with Gasteiger partial charge in [-0.3, -0.25) is 9.59 Å². The molecule has 180 valence electrons. The number of carbonyl (C=O) groups excluding carboxylic acids is 2. The molecule has 0 fully saturated rings. The lowest BCUT2D eigenvalue weighted by Gasteiger charge is -2.31. The standard InChI is InChI=1S/C27H30BrClN2O3/c1-4-18(3)30-27(33)23(5-2)31(16-20-11-7-9-13-22(20)29)25(32)17-34-24-15-14-19-10-6-8-12-21(19)26(24)28/h6-15,18,23H,4-5,16-17H2,1-3H3,(H,30,33)/t18-,23+/m0/s1. The minimum atomic E-state index is -0.638. The largest absolute Gasteiger partial charge is 0.483 e. The number of hydrogen-bond acceptors (Lipinski definition) is 3. The van der Waals surface area contributed by atoms with E-state index in [1.54, 1.807) is 11.0 Å². The van der Waals surface area contributed by atoms with Gasteiger partial charge in [0.1, 0.15) is 11.8 Å². The molecule has 0 aliphatic heterocycles. The summed E-state index contributed by atoms with van der Waals surface area (Å²) in [4.78, 5) is 28.0. The number of nitrogens with zero attached hydrogens (tertiary/aromatic N) is 1. The molecule has 0 unspecified atom stereocenters. The lowest BCUT2D eigenvalue weighted by atomic mass is 10.1. The number of halogens is 2. The van der Waals surface area contributed by atoms with E-state index in [4.69, 9.17) is 16.3 Å². The smallest absolute Gasteiger partial charge is 0.261 e. The fourth-order valence-corrected chi connectivity index (χ4v) is 4.52. The number of benzene rings is 3. The highest BCUT2D eigenvalue weighted by Crippen LogP contribution is 2.33. The van der Waals surface area contributed by atoms with Crippen molar-refractivity contribution in [3.05, 3.63) is 75.7 Å². The third kappa shape index (κ3) is 6.30. The summed E-state index contributed by atoms with van der Waals surface area (Å²) in [6, 6.07) is 18.5. The lowest BCUT2D eigenvalue weighted by molar-refractivity contribution is -0.143. The molecule has 0 aliphatic rings. The van der Waals surface area contributed by atoms with E-state index in [9.17, 15) is 9.59 Å². The van der Waals surface area contributed by atoms with Crippen LogP contribution in [0.1, 0.15) is 39.2 Å². The van der Waals surface area contributed by atoms with E-state index in [0.717, 1.165) is 27.2 Å². The van der Waals surface area contributed by atoms with Crippen molar-refractivity contribution >= 4 is 50.1 Å². The normalized spacial score (nSPS) is 12.7. The second-order valence-electron chi connectivity index (χ2n) is 8.24. The second kappa shape index (κ2) is 12.2. The van der Waals surface area contributed by atoms with Crippen LogP contribution in [0.3, 0.4) is 0 Å². The van der Waals surface area contributed by atoms with Gasteiger partial charge in [-0.2, -0.15) is 0 Å². The zero-order chi connectivity index (χ0) is 24.7. The fraction of sp³-hybridized carbons (Fsp3) is 0.333. The maximum Gasteiger partial charge on any atom is 0.261 e. The first-order valence-corrected chi connectivity index (χ1v) is 12.7. The van der Waals surface area contributed by atoms with Crippen LogP contribution in [0.15, 0.2) is 65.1 Å². The van der Waals surface area contributed by atoms with Crippen molar-refractivity contribution in [2.24, 2.45) is 0 Å². The van der Waals surface area contributed by atoms with Crippen LogP contribution in [-0.4, -0.2) is 35.4 Å². The van der Waals surface area contributed by atoms with Gasteiger partial charge in [-0.05, 0) is 64.2 Å². The molecule has 1 N–H and O–H groups in total. The van der Waals surface area contributed by atoms with Gasteiger partial charge in [-0.1, -0.05) is 74.0 Å². The predicted octanol–water partition coefficient (Wildman–Crippen LogP) is 6.36. The van der Waals surface area contributed by atoms with E-state index in [0.29, 0.717) is 17.2 Å². The van der Waals surface area contributed by atoms with Crippen LogP contribution < -0.4 is 10.1 Å². The van der Waals surface area contributed by atoms with Crippen LogP contribution in [0.5, 0.6) is 5.75 Å². The van der Waals surface area contributed by atoms with Crippen LogP contribution in [0.4, 0.5) is 0 Å². The molecule has 2 atom stereocenters. The predicted molar refractivity (Wildman–Crippen MR) is 141 cm³/mol. The van der Waals surface area contributed by atoms with Crippen molar-refractivity contribution in [1.82, 2.24) is 10.2 Å². The molecule has 0 radical (unpaired) electrons. The van der Waals surface area contributed by atoms with Crippen LogP contribution >= 0.6 is 27.5 Å². The zero-order valence-electron chi connectivity index (χ0n) is 19.7. The first kappa shape index (κ1) is 26.0. The van der Waals surface area contributed by atoms with E-state index in [1.165, 1.54) is 0 Å². The zero-order valence-corrected chi connectivity index (χ0v) is 22.0. The molecule has 0 aliphatic carbocycles. The molecule has 3 aromatic rings. The lowest BCUT2D eigenvalue weighted by Crippen LogP contribution is -2.51. The summed E-state index contributed by atoms with van der Waals surface area (Å²) >= 11 is 9.98. The Morgan fingerprint density at radius 2 is 1.74 bits per heavy atom. The molecule has 0 saturated heterocycles. The van der Waals surface area contributed by atoms with Gasteiger partial charge < -0.3 is 15.0 Å². The Morgan fingerprint density at radius 3 is 2.44 bits per heavy atom. The number of amides is 2. The Bertz CT molecular complexity index is 1150. The highest BCUT2D eigenvalue weighted by Gasteiger charge is 2.30. The van der Waals surface area contributed by atoms with Crippen LogP contribution in [0, 0.1) is 0 Å². The molecule has 3 rings (SSSR count). The van der Waals surface area contributed by atoms with Crippen molar-refractivity contribution in [3.63, 3.8) is 0 Å². The summed E-state index contributed by atoms with van der Waals surface area (Å²) in [6.07, 6.45) is 1.28. The second-order valence-corrected chi connectivity index (χ2v) is 9.44. The molecular weight excluding hydrogens is 516 g/mol. The van der Waals surface area contributed by atoms with E-state index in [1.807, 2.05) is 75.4 Å². The van der Waals surface area contributed by atoms with Crippen molar-refractivity contribution in [1.29, 1.82) is 0 Å². The van der Waals surface area contributed by atoms with E-state index < -0.39 is 6.04 Å². The minimum absolute atomic E-state index is 0.0172. The maximum absolute atomic E-state index is 13.4. The number of rotatable bonds is 10. The van der Waals surface area contributed by atoms with Crippen molar-refractivity contribution in [3.8, 4) is 5.75 Å².